The fourth-order valence-corrected chi connectivity index (χ4v) is 7.35. The lowest BCUT2D eigenvalue weighted by molar-refractivity contribution is 0.150. The van der Waals surface area contributed by atoms with E-state index in [0.29, 0.717) is 27.5 Å². The summed E-state index contributed by atoms with van der Waals surface area (Å²) in [5.74, 6) is 0. The van der Waals surface area contributed by atoms with Crippen LogP contribution in [0.15, 0.2) is 42.5 Å². The Morgan fingerprint density at radius 2 is 1.49 bits per heavy atom. The van der Waals surface area contributed by atoms with E-state index in [1.165, 1.54) is 69.7 Å². The second-order valence-electron chi connectivity index (χ2n) is 11.6. The molecule has 4 aliphatic heterocycles. The molecule has 0 saturated carbocycles. The quantitative estimate of drug-likeness (QED) is 0.635. The molecule has 4 saturated heterocycles. The zero-order valence-corrected chi connectivity index (χ0v) is 21.5. The van der Waals surface area contributed by atoms with Gasteiger partial charge in [-0.3, -0.25) is 0 Å². The maximum Gasteiger partial charge on any atom is 0.101 e. The van der Waals surface area contributed by atoms with Gasteiger partial charge < -0.3 is 20.0 Å². The first-order chi connectivity index (χ1) is 17.0. The first-order valence-corrected chi connectivity index (χ1v) is 13.6. The van der Waals surface area contributed by atoms with Gasteiger partial charge in [-0.15, -0.1) is 0 Å². The summed E-state index contributed by atoms with van der Waals surface area (Å²) < 4.78 is 0. The maximum atomic E-state index is 9.20. The normalized spacial score (nSPS) is 25.1. The minimum atomic E-state index is 0.372. The van der Waals surface area contributed by atoms with Crippen molar-refractivity contribution < 1.29 is 0 Å². The Balaban J connectivity index is 1.06. The molecule has 4 heterocycles. The van der Waals surface area contributed by atoms with Crippen LogP contribution < -0.4 is 20.0 Å². The average Bonchev–Trinajstić information content (AvgIpc) is 3.19. The van der Waals surface area contributed by atoms with E-state index in [2.05, 4.69) is 63.3 Å². The number of nitriles is 1. The Hall–Kier alpha value is -2.42. The summed E-state index contributed by atoms with van der Waals surface area (Å²) in [6.07, 6.45) is 6.32. The largest absolute Gasteiger partial charge is 0.371 e. The molecule has 1 N–H and O–H groups in total. The predicted octanol–water partition coefficient (Wildman–Crippen LogP) is 5.29. The average molecular weight is 490 g/mol. The van der Waals surface area contributed by atoms with E-state index in [1.807, 2.05) is 12.1 Å². The van der Waals surface area contributed by atoms with E-state index < -0.39 is 0 Å². The lowest BCUT2D eigenvalue weighted by Crippen LogP contribution is -2.60. The maximum absolute atomic E-state index is 9.20. The van der Waals surface area contributed by atoms with Gasteiger partial charge in [0, 0.05) is 61.2 Å². The highest BCUT2D eigenvalue weighted by Crippen LogP contribution is 2.46. The summed E-state index contributed by atoms with van der Waals surface area (Å²) >= 11 is 6.34. The smallest absolute Gasteiger partial charge is 0.101 e. The number of nitrogens with one attached hydrogen (secondary N) is 1. The van der Waals surface area contributed by atoms with Crippen molar-refractivity contribution in [1.29, 1.82) is 5.26 Å². The number of anilines is 3. The van der Waals surface area contributed by atoms with Gasteiger partial charge in [0.15, 0.2) is 0 Å². The molecule has 0 bridgehead atoms. The van der Waals surface area contributed by atoms with Gasteiger partial charge in [0.25, 0.3) is 0 Å². The van der Waals surface area contributed by atoms with Crippen LogP contribution in [0.4, 0.5) is 17.1 Å². The molecule has 6 rings (SSSR count). The molecular weight excluding hydrogens is 454 g/mol. The Morgan fingerprint density at radius 1 is 0.857 bits per heavy atom. The molecule has 4 fully saturated rings. The van der Waals surface area contributed by atoms with Crippen LogP contribution in [0.2, 0.25) is 5.02 Å². The van der Waals surface area contributed by atoms with Crippen molar-refractivity contribution >= 4 is 28.7 Å². The zero-order chi connectivity index (χ0) is 24.0. The van der Waals surface area contributed by atoms with Gasteiger partial charge >= 0.3 is 0 Å². The Bertz CT molecular complexity index is 1100. The van der Waals surface area contributed by atoms with Gasteiger partial charge in [-0.2, -0.15) is 5.26 Å². The van der Waals surface area contributed by atoms with Crippen molar-refractivity contribution in [1.82, 2.24) is 5.32 Å². The summed E-state index contributed by atoms with van der Waals surface area (Å²) in [4.78, 5) is 7.63. The third kappa shape index (κ3) is 4.26. The van der Waals surface area contributed by atoms with Crippen molar-refractivity contribution in [2.24, 2.45) is 10.8 Å². The molecule has 2 aromatic carbocycles. The molecule has 4 aliphatic rings. The first-order valence-electron chi connectivity index (χ1n) is 13.3. The van der Waals surface area contributed by atoms with Gasteiger partial charge in [-0.1, -0.05) is 11.6 Å². The lowest BCUT2D eigenvalue weighted by atomic mass is 9.72. The van der Waals surface area contributed by atoms with E-state index in [1.54, 1.807) is 0 Å². The molecule has 2 spiro atoms. The van der Waals surface area contributed by atoms with E-state index in [9.17, 15) is 5.26 Å². The van der Waals surface area contributed by atoms with Gasteiger partial charge in [0.2, 0.25) is 0 Å². The molecule has 0 aromatic heterocycles. The van der Waals surface area contributed by atoms with Crippen LogP contribution in [0.3, 0.4) is 0 Å². The summed E-state index contributed by atoms with van der Waals surface area (Å²) in [7, 11) is 0. The molecule has 6 heteroatoms. The van der Waals surface area contributed by atoms with Gasteiger partial charge in [0.1, 0.15) is 6.07 Å². The molecule has 2 aromatic rings. The Morgan fingerprint density at radius 3 is 2.11 bits per heavy atom. The summed E-state index contributed by atoms with van der Waals surface area (Å²) in [6, 6.07) is 17.9. The van der Waals surface area contributed by atoms with Crippen molar-refractivity contribution in [3.8, 4) is 6.07 Å². The van der Waals surface area contributed by atoms with Crippen molar-refractivity contribution in [3.05, 3.63) is 53.1 Å². The minimum absolute atomic E-state index is 0.372. The standard InChI is InChI=1S/C29H36ClN5/c1-22-17-28(21-35(22)26-3-2-23(18-31)27(30)16-26)10-14-33(15-11-28)24-4-6-25(7-5-24)34-19-29(20-34)8-12-32-13-9-29/h2-7,16,22,32H,8-15,17,19-21H2,1H3/t22-/m0/s1. The van der Waals surface area contributed by atoms with Gasteiger partial charge in [-0.05, 0) is 100.0 Å². The predicted molar refractivity (Wildman–Crippen MR) is 145 cm³/mol. The van der Waals surface area contributed by atoms with Crippen LogP contribution >= 0.6 is 11.6 Å². The van der Waals surface area contributed by atoms with Crippen molar-refractivity contribution in [2.75, 3.05) is 60.5 Å². The molecule has 5 nitrogen and oxygen atoms in total. The fourth-order valence-electron chi connectivity index (χ4n) is 7.13. The van der Waals surface area contributed by atoms with Crippen LogP contribution in [-0.4, -0.2) is 51.9 Å². The van der Waals surface area contributed by atoms with Crippen LogP contribution in [0.1, 0.15) is 44.6 Å². The fraction of sp³-hybridized carbons (Fsp3) is 0.552. The molecule has 0 amide bonds. The van der Waals surface area contributed by atoms with E-state index in [-0.39, 0.29) is 0 Å². The van der Waals surface area contributed by atoms with Crippen molar-refractivity contribution in [3.63, 3.8) is 0 Å². The highest BCUT2D eigenvalue weighted by atomic mass is 35.5. The molecule has 1 atom stereocenters. The van der Waals surface area contributed by atoms with Gasteiger partial charge in [0.05, 0.1) is 10.6 Å². The number of hydrogen-bond donors (Lipinski definition) is 1. The minimum Gasteiger partial charge on any atom is -0.371 e. The topological polar surface area (TPSA) is 45.5 Å². The number of hydrogen-bond acceptors (Lipinski definition) is 5. The second-order valence-corrected chi connectivity index (χ2v) is 12.0. The molecule has 35 heavy (non-hydrogen) atoms. The number of piperidine rings is 2. The number of benzene rings is 2. The molecule has 0 radical (unpaired) electrons. The van der Waals surface area contributed by atoms with Crippen LogP contribution in [0, 0.1) is 22.2 Å². The summed E-state index contributed by atoms with van der Waals surface area (Å²) in [6.45, 7) is 10.5. The molecule has 184 valence electrons. The zero-order valence-electron chi connectivity index (χ0n) is 20.8. The van der Waals surface area contributed by atoms with Crippen LogP contribution in [-0.2, 0) is 0 Å². The number of nitrogens with zero attached hydrogens (tertiary/aromatic N) is 4. The highest BCUT2D eigenvalue weighted by molar-refractivity contribution is 6.32. The van der Waals surface area contributed by atoms with Crippen LogP contribution in [0.25, 0.3) is 0 Å². The lowest BCUT2D eigenvalue weighted by Gasteiger charge is -2.53. The Labute approximate surface area is 214 Å². The summed E-state index contributed by atoms with van der Waals surface area (Å²) in [5.41, 5.74) is 5.39. The Kier molecular flexibility index (Phi) is 5.86. The number of rotatable bonds is 3. The second kappa shape index (κ2) is 8.91. The van der Waals surface area contributed by atoms with E-state index in [0.717, 1.165) is 25.3 Å². The molecular formula is C29H36ClN5. The van der Waals surface area contributed by atoms with Crippen LogP contribution in [0.5, 0.6) is 0 Å². The molecule has 0 aliphatic carbocycles. The number of halogens is 1. The van der Waals surface area contributed by atoms with Crippen molar-refractivity contribution in [2.45, 2.75) is 45.1 Å². The third-order valence-corrected chi connectivity index (χ3v) is 9.60. The monoisotopic (exact) mass is 489 g/mol. The summed E-state index contributed by atoms with van der Waals surface area (Å²) in [5, 5.41) is 13.3. The third-order valence-electron chi connectivity index (χ3n) is 9.29. The SMILES string of the molecule is C[C@H]1CC2(CCN(c3ccc(N4CC5(CCNCC5)C4)cc3)CC2)CN1c1ccc(C#N)c(Cl)c1. The highest BCUT2D eigenvalue weighted by Gasteiger charge is 2.45. The van der Waals surface area contributed by atoms with Gasteiger partial charge in [-0.25, -0.2) is 0 Å². The van der Waals surface area contributed by atoms with E-state index >= 15 is 0 Å². The van der Waals surface area contributed by atoms with E-state index in [4.69, 9.17) is 11.6 Å². The molecule has 0 unspecified atom stereocenters. The first kappa shape index (κ1) is 23.0.